The van der Waals surface area contributed by atoms with Crippen molar-refractivity contribution in [2.45, 2.75) is 18.4 Å². The van der Waals surface area contributed by atoms with Crippen molar-refractivity contribution in [3.8, 4) is 11.5 Å². The molecule has 0 saturated carbocycles. The van der Waals surface area contributed by atoms with Gasteiger partial charge in [-0.1, -0.05) is 11.6 Å². The van der Waals surface area contributed by atoms with Gasteiger partial charge < -0.3 is 9.47 Å². The summed E-state index contributed by atoms with van der Waals surface area (Å²) in [5.74, 6) is 0.500. The third-order valence-corrected chi connectivity index (χ3v) is 6.74. The molecule has 3 rings (SSSR count). The van der Waals surface area contributed by atoms with Crippen molar-refractivity contribution >= 4 is 27.4 Å². The summed E-state index contributed by atoms with van der Waals surface area (Å²) in [6.07, 6.45) is 2.66. The number of aryl methyl sites for hydroxylation is 1. The van der Waals surface area contributed by atoms with Gasteiger partial charge in [0.05, 0.1) is 25.8 Å². The van der Waals surface area contributed by atoms with Crippen LogP contribution >= 0.6 is 11.6 Å². The molecule has 0 bridgehead atoms. The van der Waals surface area contributed by atoms with Gasteiger partial charge in [-0.25, -0.2) is 27.1 Å². The number of aromatic nitrogens is 2. The average Bonchev–Trinajstić information content (AvgIpc) is 2.71. The summed E-state index contributed by atoms with van der Waals surface area (Å²) in [5, 5.41) is -0.215. The molecule has 0 radical (unpaired) electrons. The van der Waals surface area contributed by atoms with Crippen LogP contribution in [0.3, 0.4) is 0 Å². The SMILES string of the molecule is COc1ccc(CN(c2ccncn2)S(=O)(=O)c2c(C)cc(F)cc2Cl)c(OC)c1. The molecule has 1 heterocycles. The molecule has 2 aromatic carbocycles. The van der Waals surface area contributed by atoms with Crippen LogP contribution in [0.1, 0.15) is 11.1 Å². The van der Waals surface area contributed by atoms with Crippen LogP contribution in [0.4, 0.5) is 10.2 Å². The molecular weight excluding hydrogens is 433 g/mol. The number of sulfonamides is 1. The molecule has 0 saturated heterocycles. The van der Waals surface area contributed by atoms with Crippen molar-refractivity contribution in [1.82, 2.24) is 9.97 Å². The van der Waals surface area contributed by atoms with Crippen molar-refractivity contribution in [2.24, 2.45) is 0 Å². The predicted octanol–water partition coefficient (Wildman–Crippen LogP) is 3.99. The van der Waals surface area contributed by atoms with Gasteiger partial charge in [-0.3, -0.25) is 0 Å². The quantitative estimate of drug-likeness (QED) is 0.540. The molecule has 0 fully saturated rings. The number of anilines is 1. The minimum Gasteiger partial charge on any atom is -0.497 e. The Morgan fingerprint density at radius 3 is 2.50 bits per heavy atom. The highest BCUT2D eigenvalue weighted by molar-refractivity contribution is 7.93. The van der Waals surface area contributed by atoms with Gasteiger partial charge in [-0.05, 0) is 36.8 Å². The number of halogens is 2. The molecule has 0 atom stereocenters. The minimum absolute atomic E-state index is 0.111. The molecule has 0 N–H and O–H groups in total. The summed E-state index contributed by atoms with van der Waals surface area (Å²) >= 11 is 6.13. The molecule has 0 aliphatic rings. The topological polar surface area (TPSA) is 81.6 Å². The zero-order valence-electron chi connectivity index (χ0n) is 16.5. The maximum Gasteiger partial charge on any atom is 0.267 e. The Morgan fingerprint density at radius 2 is 1.90 bits per heavy atom. The first-order chi connectivity index (χ1) is 14.3. The summed E-state index contributed by atoms with van der Waals surface area (Å²) in [4.78, 5) is 7.73. The van der Waals surface area contributed by atoms with Gasteiger partial charge in [-0.2, -0.15) is 0 Å². The first-order valence-electron chi connectivity index (χ1n) is 8.73. The van der Waals surface area contributed by atoms with Crippen LogP contribution < -0.4 is 13.8 Å². The fraction of sp³-hybridized carbons (Fsp3) is 0.200. The number of hydrogen-bond donors (Lipinski definition) is 0. The van der Waals surface area contributed by atoms with Crippen LogP contribution in [-0.4, -0.2) is 32.6 Å². The van der Waals surface area contributed by atoms with Gasteiger partial charge in [0.15, 0.2) is 0 Å². The molecule has 1 aromatic heterocycles. The highest BCUT2D eigenvalue weighted by Gasteiger charge is 2.31. The standard InChI is InChI=1S/C20H19ClFN3O4S/c1-13-8-15(22)9-17(21)20(13)30(26,27)25(19-6-7-23-12-24-19)11-14-4-5-16(28-2)10-18(14)29-3/h4-10,12H,11H2,1-3H3. The number of benzene rings is 2. The molecule has 3 aromatic rings. The Bertz CT molecular complexity index is 1140. The molecule has 7 nitrogen and oxygen atoms in total. The lowest BCUT2D eigenvalue weighted by Crippen LogP contribution is -2.32. The fourth-order valence-electron chi connectivity index (χ4n) is 2.98. The van der Waals surface area contributed by atoms with Crippen LogP contribution in [0.2, 0.25) is 5.02 Å². The molecule has 0 aliphatic heterocycles. The van der Waals surface area contributed by atoms with Gasteiger partial charge in [0.2, 0.25) is 0 Å². The molecule has 0 spiro atoms. The van der Waals surface area contributed by atoms with E-state index in [-0.39, 0.29) is 27.8 Å². The van der Waals surface area contributed by atoms with Crippen LogP contribution in [0.15, 0.2) is 53.8 Å². The Kier molecular flexibility index (Phi) is 6.42. The van der Waals surface area contributed by atoms with E-state index in [0.29, 0.717) is 17.1 Å². The Balaban J connectivity index is 2.16. The second-order valence-corrected chi connectivity index (χ2v) is 8.50. The van der Waals surface area contributed by atoms with E-state index in [1.54, 1.807) is 18.2 Å². The van der Waals surface area contributed by atoms with Crippen LogP contribution in [0.25, 0.3) is 0 Å². The first-order valence-corrected chi connectivity index (χ1v) is 10.5. The van der Waals surface area contributed by atoms with Gasteiger partial charge in [-0.15, -0.1) is 0 Å². The normalized spacial score (nSPS) is 11.2. The zero-order chi connectivity index (χ0) is 21.9. The molecule has 0 aliphatic carbocycles. The van der Waals surface area contributed by atoms with E-state index in [0.717, 1.165) is 16.4 Å². The van der Waals surface area contributed by atoms with E-state index in [2.05, 4.69) is 9.97 Å². The third-order valence-electron chi connectivity index (χ3n) is 4.37. The Morgan fingerprint density at radius 1 is 1.13 bits per heavy atom. The second-order valence-electron chi connectivity index (χ2n) is 6.29. The minimum atomic E-state index is -4.21. The van der Waals surface area contributed by atoms with Crippen LogP contribution in [-0.2, 0) is 16.6 Å². The number of hydrogen-bond acceptors (Lipinski definition) is 6. The van der Waals surface area contributed by atoms with E-state index >= 15 is 0 Å². The van der Waals surface area contributed by atoms with Crippen molar-refractivity contribution in [2.75, 3.05) is 18.5 Å². The summed E-state index contributed by atoms with van der Waals surface area (Å²) < 4.78 is 52.6. The maximum absolute atomic E-state index is 13.7. The van der Waals surface area contributed by atoms with Crippen molar-refractivity contribution in [3.63, 3.8) is 0 Å². The van der Waals surface area contributed by atoms with Crippen LogP contribution in [0.5, 0.6) is 11.5 Å². The monoisotopic (exact) mass is 451 g/mol. The van der Waals surface area contributed by atoms with Gasteiger partial charge in [0.1, 0.15) is 34.4 Å². The van der Waals surface area contributed by atoms with Crippen molar-refractivity contribution in [1.29, 1.82) is 0 Å². The van der Waals surface area contributed by atoms with Crippen molar-refractivity contribution < 1.29 is 22.3 Å². The smallest absolute Gasteiger partial charge is 0.267 e. The van der Waals surface area contributed by atoms with Gasteiger partial charge in [0.25, 0.3) is 10.0 Å². The number of ether oxygens (including phenoxy) is 2. The molecular formula is C20H19ClFN3O4S. The molecule has 0 unspecified atom stereocenters. The lowest BCUT2D eigenvalue weighted by Gasteiger charge is -2.25. The van der Waals surface area contributed by atoms with E-state index in [9.17, 15) is 12.8 Å². The number of nitrogens with zero attached hydrogens (tertiary/aromatic N) is 3. The average molecular weight is 452 g/mol. The maximum atomic E-state index is 13.7. The second kappa shape index (κ2) is 8.85. The summed E-state index contributed by atoms with van der Waals surface area (Å²) in [5.41, 5.74) is 0.747. The van der Waals surface area contributed by atoms with Gasteiger partial charge >= 0.3 is 0 Å². The summed E-state index contributed by atoms with van der Waals surface area (Å²) in [6.45, 7) is 1.37. The molecule has 30 heavy (non-hydrogen) atoms. The van der Waals surface area contributed by atoms with Gasteiger partial charge in [0, 0.05) is 23.9 Å². The largest absolute Gasteiger partial charge is 0.497 e. The van der Waals surface area contributed by atoms with E-state index in [4.69, 9.17) is 21.1 Å². The predicted molar refractivity (Wildman–Crippen MR) is 111 cm³/mol. The van der Waals surface area contributed by atoms with E-state index in [1.807, 2.05) is 0 Å². The lowest BCUT2D eigenvalue weighted by molar-refractivity contribution is 0.391. The number of rotatable bonds is 7. The highest BCUT2D eigenvalue weighted by atomic mass is 35.5. The van der Waals surface area contributed by atoms with E-state index in [1.165, 1.54) is 39.7 Å². The molecule has 158 valence electrons. The van der Waals surface area contributed by atoms with E-state index < -0.39 is 15.8 Å². The third kappa shape index (κ3) is 4.31. The summed E-state index contributed by atoms with van der Waals surface area (Å²) in [7, 11) is -1.22. The fourth-order valence-corrected chi connectivity index (χ4v) is 5.18. The Hall–Kier alpha value is -2.91. The Labute approximate surface area is 179 Å². The zero-order valence-corrected chi connectivity index (χ0v) is 18.0. The van der Waals surface area contributed by atoms with Crippen molar-refractivity contribution in [3.05, 3.63) is 70.9 Å². The summed E-state index contributed by atoms with van der Waals surface area (Å²) in [6, 6.07) is 8.58. The first kappa shape index (κ1) is 21.8. The van der Waals surface area contributed by atoms with Crippen LogP contribution in [0, 0.1) is 12.7 Å². The number of methoxy groups -OCH3 is 2. The highest BCUT2D eigenvalue weighted by Crippen LogP contribution is 2.34. The molecule has 0 amide bonds. The lowest BCUT2D eigenvalue weighted by atomic mass is 10.2. The molecule has 10 heteroatoms.